The topological polar surface area (TPSA) is 100 Å². The second kappa shape index (κ2) is 12.5. The van der Waals surface area contributed by atoms with Crippen molar-refractivity contribution < 1.29 is 33.3 Å². The highest BCUT2D eigenvalue weighted by Crippen LogP contribution is 2.15. The number of ether oxygens (including phenoxy) is 4. The Kier molecular flexibility index (Phi) is 9.72. The van der Waals surface area contributed by atoms with Crippen molar-refractivity contribution in [3.05, 3.63) is 65.7 Å². The van der Waals surface area contributed by atoms with E-state index in [0.29, 0.717) is 5.75 Å². The fourth-order valence-electron chi connectivity index (χ4n) is 2.77. The molecule has 178 valence electrons. The van der Waals surface area contributed by atoms with Crippen molar-refractivity contribution in [2.24, 2.45) is 0 Å². The van der Waals surface area contributed by atoms with Crippen molar-refractivity contribution in [2.45, 2.75) is 52.4 Å². The lowest BCUT2D eigenvalue weighted by Gasteiger charge is -2.23. The molecule has 0 aliphatic carbocycles. The van der Waals surface area contributed by atoms with Crippen LogP contribution in [0.3, 0.4) is 0 Å². The molecule has 0 heterocycles. The third kappa shape index (κ3) is 10.1. The van der Waals surface area contributed by atoms with Crippen LogP contribution in [0.15, 0.2) is 54.6 Å². The summed E-state index contributed by atoms with van der Waals surface area (Å²) >= 11 is 0. The SMILES string of the molecule is CCOC(=O)COc1ccc(C[C@H](NC(=O)OC(C)(C)C)C(=O)OCc2ccccc2)cc1. The molecule has 0 spiro atoms. The van der Waals surface area contributed by atoms with Crippen LogP contribution < -0.4 is 10.1 Å². The van der Waals surface area contributed by atoms with Gasteiger partial charge in [0.05, 0.1) is 6.61 Å². The van der Waals surface area contributed by atoms with Gasteiger partial charge in [-0.1, -0.05) is 42.5 Å². The maximum Gasteiger partial charge on any atom is 0.408 e. The summed E-state index contributed by atoms with van der Waals surface area (Å²) in [7, 11) is 0. The summed E-state index contributed by atoms with van der Waals surface area (Å²) in [4.78, 5) is 36.5. The largest absolute Gasteiger partial charge is 0.482 e. The van der Waals surface area contributed by atoms with Crippen molar-refractivity contribution in [2.75, 3.05) is 13.2 Å². The summed E-state index contributed by atoms with van der Waals surface area (Å²) < 4.78 is 20.9. The zero-order valence-electron chi connectivity index (χ0n) is 19.5. The second-order valence-corrected chi connectivity index (χ2v) is 8.23. The molecule has 0 aliphatic heterocycles. The normalized spacial score (nSPS) is 11.8. The van der Waals surface area contributed by atoms with Gasteiger partial charge in [-0.15, -0.1) is 0 Å². The van der Waals surface area contributed by atoms with Gasteiger partial charge in [0, 0.05) is 6.42 Å². The molecule has 2 rings (SSSR count). The van der Waals surface area contributed by atoms with Crippen molar-refractivity contribution in [1.29, 1.82) is 0 Å². The zero-order chi connectivity index (χ0) is 24.3. The van der Waals surface area contributed by atoms with E-state index < -0.39 is 29.7 Å². The third-order valence-electron chi connectivity index (χ3n) is 4.22. The first-order valence-corrected chi connectivity index (χ1v) is 10.7. The highest BCUT2D eigenvalue weighted by atomic mass is 16.6. The quantitative estimate of drug-likeness (QED) is 0.428. The first-order chi connectivity index (χ1) is 15.7. The molecular weight excluding hydrogens is 426 g/mol. The first kappa shape index (κ1) is 25.7. The summed E-state index contributed by atoms with van der Waals surface area (Å²) in [6.45, 7) is 7.13. The lowest BCUT2D eigenvalue weighted by atomic mass is 10.1. The number of carbonyl (C=O) groups excluding carboxylic acids is 3. The van der Waals surface area contributed by atoms with Gasteiger partial charge in [0.15, 0.2) is 6.61 Å². The van der Waals surface area contributed by atoms with Crippen LogP contribution in [0, 0.1) is 0 Å². The highest BCUT2D eigenvalue weighted by molar-refractivity contribution is 5.81. The van der Waals surface area contributed by atoms with Crippen LogP contribution in [0.4, 0.5) is 4.79 Å². The number of carbonyl (C=O) groups is 3. The standard InChI is InChI=1S/C25H31NO7/c1-5-30-22(27)17-31-20-13-11-18(12-14-20)15-21(26-24(29)33-25(2,3)4)23(28)32-16-19-9-7-6-8-10-19/h6-14,21H,5,15-17H2,1-4H3,(H,26,29)/t21-/m0/s1. The molecule has 0 unspecified atom stereocenters. The van der Waals surface area contributed by atoms with Gasteiger partial charge in [-0.05, 0) is 51.0 Å². The maximum absolute atomic E-state index is 12.8. The number of nitrogens with one attached hydrogen (secondary N) is 1. The van der Waals surface area contributed by atoms with E-state index in [-0.39, 0.29) is 26.2 Å². The molecule has 8 nitrogen and oxygen atoms in total. The van der Waals surface area contributed by atoms with Gasteiger partial charge in [-0.3, -0.25) is 0 Å². The Hall–Kier alpha value is -3.55. The maximum atomic E-state index is 12.8. The fraction of sp³-hybridized carbons (Fsp3) is 0.400. The van der Waals surface area contributed by atoms with Crippen LogP contribution in [0.1, 0.15) is 38.8 Å². The Bertz CT molecular complexity index is 905. The van der Waals surface area contributed by atoms with Gasteiger partial charge in [0.2, 0.25) is 0 Å². The molecule has 2 aromatic rings. The van der Waals surface area contributed by atoms with Gasteiger partial charge >= 0.3 is 18.0 Å². The number of amides is 1. The van der Waals surface area contributed by atoms with E-state index in [1.807, 2.05) is 30.3 Å². The van der Waals surface area contributed by atoms with Gasteiger partial charge in [0.25, 0.3) is 0 Å². The van der Waals surface area contributed by atoms with Crippen molar-refractivity contribution in [3.8, 4) is 5.75 Å². The van der Waals surface area contributed by atoms with E-state index in [4.69, 9.17) is 18.9 Å². The van der Waals surface area contributed by atoms with Crippen molar-refractivity contribution in [3.63, 3.8) is 0 Å². The minimum atomic E-state index is -0.949. The number of hydrogen-bond acceptors (Lipinski definition) is 7. The smallest absolute Gasteiger partial charge is 0.408 e. The van der Waals surface area contributed by atoms with Gasteiger partial charge < -0.3 is 24.3 Å². The molecule has 0 fully saturated rings. The molecule has 0 saturated carbocycles. The first-order valence-electron chi connectivity index (χ1n) is 10.7. The van der Waals surface area contributed by atoms with Crippen molar-refractivity contribution >= 4 is 18.0 Å². The van der Waals surface area contributed by atoms with Crippen molar-refractivity contribution in [1.82, 2.24) is 5.32 Å². The Balaban J connectivity index is 2.03. The number of rotatable bonds is 10. The van der Waals surface area contributed by atoms with Crippen LogP contribution in [0.25, 0.3) is 0 Å². The molecule has 2 aromatic carbocycles. The van der Waals surface area contributed by atoms with Gasteiger partial charge in [0.1, 0.15) is 24.0 Å². The number of alkyl carbamates (subject to hydrolysis) is 1. The lowest BCUT2D eigenvalue weighted by Crippen LogP contribution is -2.45. The molecule has 1 atom stereocenters. The van der Waals surface area contributed by atoms with E-state index in [1.54, 1.807) is 52.0 Å². The molecule has 1 amide bonds. The van der Waals surface area contributed by atoms with E-state index >= 15 is 0 Å². The van der Waals surface area contributed by atoms with Crippen LogP contribution in [0.2, 0.25) is 0 Å². The summed E-state index contributed by atoms with van der Waals surface area (Å²) in [6.07, 6.45) is -0.524. The molecule has 0 bridgehead atoms. The molecular formula is C25H31NO7. The third-order valence-corrected chi connectivity index (χ3v) is 4.22. The average molecular weight is 458 g/mol. The molecule has 0 saturated heterocycles. The van der Waals surface area contributed by atoms with E-state index in [2.05, 4.69) is 5.32 Å². The van der Waals surface area contributed by atoms with Crippen LogP contribution in [-0.4, -0.2) is 42.9 Å². The predicted octanol–water partition coefficient (Wildman–Crippen LogP) is 3.81. The fourth-order valence-corrected chi connectivity index (χ4v) is 2.77. The minimum Gasteiger partial charge on any atom is -0.482 e. The van der Waals surface area contributed by atoms with E-state index in [9.17, 15) is 14.4 Å². The number of hydrogen-bond donors (Lipinski definition) is 1. The second-order valence-electron chi connectivity index (χ2n) is 8.23. The Morgan fingerprint density at radius 1 is 0.909 bits per heavy atom. The van der Waals surface area contributed by atoms with Crippen LogP contribution >= 0.6 is 0 Å². The summed E-state index contributed by atoms with van der Waals surface area (Å²) in [5.74, 6) is -0.549. The predicted molar refractivity (Wildman–Crippen MR) is 122 cm³/mol. The molecule has 0 aromatic heterocycles. The van der Waals surface area contributed by atoms with E-state index in [0.717, 1.165) is 11.1 Å². The van der Waals surface area contributed by atoms with Gasteiger partial charge in [-0.2, -0.15) is 0 Å². The molecule has 1 N–H and O–H groups in total. The summed E-state index contributed by atoms with van der Waals surface area (Å²) in [5.41, 5.74) is 0.890. The Morgan fingerprint density at radius 3 is 2.18 bits per heavy atom. The summed E-state index contributed by atoms with van der Waals surface area (Å²) in [6, 6.07) is 15.2. The van der Waals surface area contributed by atoms with Gasteiger partial charge in [-0.25, -0.2) is 14.4 Å². The number of esters is 2. The molecule has 33 heavy (non-hydrogen) atoms. The number of benzene rings is 2. The molecule has 0 aliphatic rings. The average Bonchev–Trinajstić information content (AvgIpc) is 2.76. The summed E-state index contributed by atoms with van der Waals surface area (Å²) in [5, 5.41) is 2.60. The Morgan fingerprint density at radius 2 is 1.58 bits per heavy atom. The Labute approximate surface area is 194 Å². The highest BCUT2D eigenvalue weighted by Gasteiger charge is 2.26. The lowest BCUT2D eigenvalue weighted by molar-refractivity contribution is -0.147. The van der Waals surface area contributed by atoms with E-state index in [1.165, 1.54) is 0 Å². The molecule has 0 radical (unpaired) electrons. The molecule has 8 heteroatoms. The zero-order valence-corrected chi connectivity index (χ0v) is 19.5. The van der Waals surface area contributed by atoms with Crippen LogP contribution in [0.5, 0.6) is 5.75 Å². The minimum absolute atomic E-state index is 0.0901. The van der Waals surface area contributed by atoms with Crippen LogP contribution in [-0.2, 0) is 36.8 Å². The monoisotopic (exact) mass is 457 g/mol.